The Kier molecular flexibility index (Phi) is 6.81. The molecule has 7 nitrogen and oxygen atoms in total. The molecule has 1 N–H and O–H groups in total. The van der Waals surface area contributed by atoms with E-state index in [1.807, 2.05) is 13.8 Å². The third-order valence-electron chi connectivity index (χ3n) is 6.02. The van der Waals surface area contributed by atoms with Crippen molar-refractivity contribution >= 4 is 11.6 Å². The van der Waals surface area contributed by atoms with E-state index in [0.717, 1.165) is 0 Å². The number of halogens is 2. The maximum Gasteiger partial charge on any atom is 0.258 e. The number of alkyl halides is 2. The SMILES string of the molecule is COc1cccnc1-c1ccnc(C2CCC(F)(F)CC2)c1NC(=O)c1cnc(C(C)C)nc1. The number of ether oxygens (including phenoxy) is 1. The van der Waals surface area contributed by atoms with Gasteiger partial charge in [-0.2, -0.15) is 0 Å². The Morgan fingerprint density at radius 1 is 1.09 bits per heavy atom. The first-order valence-electron chi connectivity index (χ1n) is 11.3. The van der Waals surface area contributed by atoms with Crippen molar-refractivity contribution < 1.29 is 18.3 Å². The number of hydrogen-bond acceptors (Lipinski definition) is 6. The van der Waals surface area contributed by atoms with Gasteiger partial charge in [-0.3, -0.25) is 14.8 Å². The number of amides is 1. The van der Waals surface area contributed by atoms with Gasteiger partial charge in [-0.05, 0) is 31.0 Å². The lowest BCUT2D eigenvalue weighted by molar-refractivity contribution is -0.0384. The highest BCUT2D eigenvalue weighted by atomic mass is 19.3. The average Bonchev–Trinajstić information content (AvgIpc) is 2.84. The van der Waals surface area contributed by atoms with Crippen LogP contribution in [0.25, 0.3) is 11.3 Å². The molecule has 1 fully saturated rings. The lowest BCUT2D eigenvalue weighted by Gasteiger charge is -2.29. The van der Waals surface area contributed by atoms with Crippen molar-refractivity contribution in [1.82, 2.24) is 19.9 Å². The van der Waals surface area contributed by atoms with Crippen LogP contribution in [0.3, 0.4) is 0 Å². The molecule has 34 heavy (non-hydrogen) atoms. The van der Waals surface area contributed by atoms with Crippen molar-refractivity contribution in [1.29, 1.82) is 0 Å². The summed E-state index contributed by atoms with van der Waals surface area (Å²) in [4.78, 5) is 30.7. The molecule has 1 saturated carbocycles. The van der Waals surface area contributed by atoms with Crippen molar-refractivity contribution in [2.24, 2.45) is 0 Å². The Balaban J connectivity index is 1.75. The zero-order valence-electron chi connectivity index (χ0n) is 19.4. The number of nitrogens with one attached hydrogen (secondary N) is 1. The summed E-state index contributed by atoms with van der Waals surface area (Å²) < 4.78 is 33.1. The maximum absolute atomic E-state index is 13.8. The summed E-state index contributed by atoms with van der Waals surface area (Å²) in [6, 6.07) is 5.26. The third-order valence-corrected chi connectivity index (χ3v) is 6.02. The van der Waals surface area contributed by atoms with Crippen molar-refractivity contribution in [3.05, 3.63) is 60.1 Å². The molecule has 0 aliphatic heterocycles. The van der Waals surface area contributed by atoms with Crippen LogP contribution in [-0.4, -0.2) is 38.9 Å². The van der Waals surface area contributed by atoms with Gasteiger partial charge in [0.1, 0.15) is 17.3 Å². The minimum Gasteiger partial charge on any atom is -0.494 e. The van der Waals surface area contributed by atoms with E-state index in [0.29, 0.717) is 34.2 Å². The fourth-order valence-electron chi connectivity index (χ4n) is 4.13. The molecular formula is C25H27F2N5O2. The second-order valence-electron chi connectivity index (χ2n) is 8.74. The number of aromatic nitrogens is 4. The van der Waals surface area contributed by atoms with Gasteiger partial charge in [0.25, 0.3) is 5.91 Å². The standard InChI is InChI=1S/C25H27F2N5O2/c1-15(2)23-30-13-17(14-31-23)24(33)32-22-18(21-19(34-3)5-4-11-28-21)8-12-29-20(22)16-6-9-25(26,27)10-7-16/h4-5,8,11-16H,6-7,9-10H2,1-3H3,(H,32,33). The van der Waals surface area contributed by atoms with Crippen LogP contribution in [0, 0.1) is 0 Å². The molecule has 0 atom stereocenters. The van der Waals surface area contributed by atoms with Crippen LogP contribution in [0.1, 0.15) is 73.2 Å². The molecule has 0 spiro atoms. The predicted molar refractivity (Wildman–Crippen MR) is 124 cm³/mol. The van der Waals surface area contributed by atoms with Crippen LogP contribution in [0.2, 0.25) is 0 Å². The fraction of sp³-hybridized carbons (Fsp3) is 0.400. The van der Waals surface area contributed by atoms with Gasteiger partial charge in [-0.25, -0.2) is 18.7 Å². The van der Waals surface area contributed by atoms with Gasteiger partial charge >= 0.3 is 0 Å². The molecule has 3 aromatic rings. The first kappa shape index (κ1) is 23.7. The minimum absolute atomic E-state index is 0.134. The largest absolute Gasteiger partial charge is 0.494 e. The summed E-state index contributed by atoms with van der Waals surface area (Å²) >= 11 is 0. The van der Waals surface area contributed by atoms with Crippen LogP contribution in [0.15, 0.2) is 43.0 Å². The van der Waals surface area contributed by atoms with Gasteiger partial charge in [0.05, 0.1) is 24.1 Å². The Bertz CT molecular complexity index is 1160. The summed E-state index contributed by atoms with van der Waals surface area (Å²) in [6.45, 7) is 3.94. The smallest absolute Gasteiger partial charge is 0.258 e. The molecule has 3 aromatic heterocycles. The van der Waals surface area contributed by atoms with Crippen molar-refractivity contribution in [2.75, 3.05) is 12.4 Å². The number of carbonyl (C=O) groups excluding carboxylic acids is 1. The molecule has 178 valence electrons. The van der Waals surface area contributed by atoms with E-state index in [1.54, 1.807) is 30.6 Å². The van der Waals surface area contributed by atoms with Gasteiger partial charge in [-0.1, -0.05) is 13.8 Å². The van der Waals surface area contributed by atoms with E-state index in [4.69, 9.17) is 4.74 Å². The van der Waals surface area contributed by atoms with Crippen LogP contribution in [0.5, 0.6) is 5.75 Å². The van der Waals surface area contributed by atoms with Crippen LogP contribution in [-0.2, 0) is 0 Å². The molecule has 0 unspecified atom stereocenters. The number of rotatable bonds is 6. The van der Waals surface area contributed by atoms with Crippen LogP contribution >= 0.6 is 0 Å². The first-order valence-corrected chi connectivity index (χ1v) is 11.3. The summed E-state index contributed by atoms with van der Waals surface area (Å²) in [6.07, 6.45) is 6.33. The number of anilines is 1. The molecule has 4 rings (SSSR count). The monoisotopic (exact) mass is 467 g/mol. The normalized spacial score (nSPS) is 15.8. The molecule has 0 radical (unpaired) electrons. The van der Waals surface area contributed by atoms with E-state index in [9.17, 15) is 13.6 Å². The quantitative estimate of drug-likeness (QED) is 0.507. The zero-order valence-corrected chi connectivity index (χ0v) is 19.4. The Labute approximate surface area is 197 Å². The second-order valence-corrected chi connectivity index (χ2v) is 8.74. The summed E-state index contributed by atoms with van der Waals surface area (Å²) in [7, 11) is 1.54. The topological polar surface area (TPSA) is 89.9 Å². The predicted octanol–water partition coefficient (Wildman–Crippen LogP) is 5.61. The number of methoxy groups -OCH3 is 1. The van der Waals surface area contributed by atoms with E-state index >= 15 is 0 Å². The number of nitrogens with zero attached hydrogens (tertiary/aromatic N) is 4. The minimum atomic E-state index is -2.67. The van der Waals surface area contributed by atoms with E-state index in [-0.39, 0.29) is 43.1 Å². The Morgan fingerprint density at radius 2 is 1.79 bits per heavy atom. The molecular weight excluding hydrogens is 440 g/mol. The van der Waals surface area contributed by atoms with Crippen LogP contribution in [0.4, 0.5) is 14.5 Å². The summed E-state index contributed by atoms with van der Waals surface area (Å²) in [5.41, 5.74) is 2.42. The number of carbonyl (C=O) groups is 1. The van der Waals surface area contributed by atoms with E-state index < -0.39 is 11.8 Å². The molecule has 0 bridgehead atoms. The lowest BCUT2D eigenvalue weighted by Crippen LogP contribution is -2.25. The Hall–Kier alpha value is -3.49. The van der Waals surface area contributed by atoms with Crippen LogP contribution < -0.4 is 10.1 Å². The molecule has 0 aromatic carbocycles. The number of hydrogen-bond donors (Lipinski definition) is 1. The molecule has 3 heterocycles. The molecule has 1 amide bonds. The zero-order chi connectivity index (χ0) is 24.3. The molecule has 0 saturated heterocycles. The van der Waals surface area contributed by atoms with E-state index in [1.165, 1.54) is 19.5 Å². The highest BCUT2D eigenvalue weighted by molar-refractivity contribution is 6.06. The number of pyridine rings is 2. The lowest BCUT2D eigenvalue weighted by atomic mass is 9.83. The highest BCUT2D eigenvalue weighted by Crippen LogP contribution is 2.44. The second kappa shape index (κ2) is 9.79. The highest BCUT2D eigenvalue weighted by Gasteiger charge is 2.37. The average molecular weight is 468 g/mol. The van der Waals surface area contributed by atoms with Gasteiger partial charge < -0.3 is 10.1 Å². The maximum atomic E-state index is 13.8. The summed E-state index contributed by atoms with van der Waals surface area (Å²) in [5.74, 6) is -2.01. The molecule has 1 aliphatic carbocycles. The van der Waals surface area contributed by atoms with Gasteiger partial charge in [0, 0.05) is 55.0 Å². The van der Waals surface area contributed by atoms with Crippen molar-refractivity contribution in [2.45, 2.75) is 57.3 Å². The molecule has 9 heteroatoms. The van der Waals surface area contributed by atoms with E-state index in [2.05, 4.69) is 25.3 Å². The van der Waals surface area contributed by atoms with Gasteiger partial charge in [0.2, 0.25) is 5.92 Å². The van der Waals surface area contributed by atoms with Gasteiger partial charge in [-0.15, -0.1) is 0 Å². The summed E-state index contributed by atoms with van der Waals surface area (Å²) in [5, 5.41) is 2.95. The van der Waals surface area contributed by atoms with Crippen molar-refractivity contribution in [3.63, 3.8) is 0 Å². The van der Waals surface area contributed by atoms with Gasteiger partial charge in [0.15, 0.2) is 0 Å². The Morgan fingerprint density at radius 3 is 2.44 bits per heavy atom. The first-order chi connectivity index (χ1) is 16.3. The van der Waals surface area contributed by atoms with Crippen molar-refractivity contribution in [3.8, 4) is 17.0 Å². The molecule has 1 aliphatic rings. The fourth-order valence-corrected chi connectivity index (χ4v) is 4.13. The third kappa shape index (κ3) is 5.03.